The molecule has 0 radical (unpaired) electrons. The Hall–Kier alpha value is -1.81. The first-order valence-electron chi connectivity index (χ1n) is 8.52. The van der Waals surface area contributed by atoms with E-state index in [0.717, 1.165) is 21.3 Å². The number of carbonyl (C=O) groups excluding carboxylic acids is 1. The van der Waals surface area contributed by atoms with Crippen LogP contribution in [0.4, 0.5) is 0 Å². The number of aliphatic imine (C=N–C) groups is 1. The van der Waals surface area contributed by atoms with Gasteiger partial charge in [-0.1, -0.05) is 18.2 Å². The molecule has 1 amide bonds. The Morgan fingerprint density at radius 2 is 1.64 bits per heavy atom. The number of rotatable bonds is 6. The van der Waals surface area contributed by atoms with Crippen LogP contribution in [0.5, 0.6) is 5.75 Å². The molecule has 0 bridgehead atoms. The summed E-state index contributed by atoms with van der Waals surface area (Å²) in [5, 5.41) is 6.55. The standard InChI is InChI=1S/C20H25BrN4O2.HI/c1-22-20(24-13-15-7-10-18(27-4)17(21)11-15)23-12-14-5-8-16(9-6-14)19(26)25(2)3;/h5-11H,12-13H2,1-4H3,(H2,22,23,24);1H. The van der Waals surface area contributed by atoms with Crippen LogP contribution in [-0.4, -0.2) is 45.0 Å². The van der Waals surface area contributed by atoms with Crippen LogP contribution >= 0.6 is 39.9 Å². The van der Waals surface area contributed by atoms with Gasteiger partial charge in [-0.2, -0.15) is 0 Å². The van der Waals surface area contributed by atoms with Crippen molar-refractivity contribution in [2.24, 2.45) is 4.99 Å². The largest absolute Gasteiger partial charge is 0.496 e. The SMILES string of the molecule is CN=C(NCc1ccc(C(=O)N(C)C)cc1)NCc1ccc(OC)c(Br)c1.I. The highest BCUT2D eigenvalue weighted by atomic mass is 127. The molecule has 0 unspecified atom stereocenters. The molecule has 152 valence electrons. The lowest BCUT2D eigenvalue weighted by molar-refractivity contribution is 0.0827. The molecular formula is C20H26BrIN4O2. The number of ether oxygens (including phenoxy) is 1. The first kappa shape index (κ1) is 24.2. The second-order valence-corrected chi connectivity index (χ2v) is 7.00. The zero-order valence-corrected chi connectivity index (χ0v) is 20.4. The van der Waals surface area contributed by atoms with Gasteiger partial charge in [0, 0.05) is 39.8 Å². The third-order valence-corrected chi connectivity index (χ3v) is 4.59. The molecule has 0 aliphatic rings. The second-order valence-electron chi connectivity index (χ2n) is 6.14. The van der Waals surface area contributed by atoms with Crippen molar-refractivity contribution in [3.63, 3.8) is 0 Å². The van der Waals surface area contributed by atoms with Crippen LogP contribution in [0, 0.1) is 0 Å². The average molecular weight is 561 g/mol. The molecule has 8 heteroatoms. The van der Waals surface area contributed by atoms with Crippen molar-refractivity contribution in [1.82, 2.24) is 15.5 Å². The van der Waals surface area contributed by atoms with Crippen LogP contribution in [-0.2, 0) is 13.1 Å². The van der Waals surface area contributed by atoms with Crippen LogP contribution in [0.1, 0.15) is 21.5 Å². The maximum Gasteiger partial charge on any atom is 0.253 e. The van der Waals surface area contributed by atoms with Gasteiger partial charge in [-0.05, 0) is 51.3 Å². The number of benzene rings is 2. The molecule has 2 aromatic carbocycles. The molecule has 2 rings (SSSR count). The maximum atomic E-state index is 11.9. The summed E-state index contributed by atoms with van der Waals surface area (Å²) in [6.45, 7) is 1.25. The number of hydrogen-bond donors (Lipinski definition) is 2. The lowest BCUT2D eigenvalue weighted by atomic mass is 10.1. The van der Waals surface area contributed by atoms with E-state index in [0.29, 0.717) is 24.6 Å². The summed E-state index contributed by atoms with van der Waals surface area (Å²) in [6.07, 6.45) is 0. The quantitative estimate of drug-likeness (QED) is 0.322. The molecule has 0 aliphatic heterocycles. The highest BCUT2D eigenvalue weighted by Crippen LogP contribution is 2.25. The first-order chi connectivity index (χ1) is 12.9. The van der Waals surface area contributed by atoms with Gasteiger partial charge in [0.15, 0.2) is 5.96 Å². The fourth-order valence-corrected chi connectivity index (χ4v) is 3.02. The zero-order chi connectivity index (χ0) is 19.8. The van der Waals surface area contributed by atoms with Crippen molar-refractivity contribution in [2.45, 2.75) is 13.1 Å². The molecular weight excluding hydrogens is 535 g/mol. The Morgan fingerprint density at radius 3 is 2.14 bits per heavy atom. The predicted octanol–water partition coefficient (Wildman–Crippen LogP) is 3.64. The summed E-state index contributed by atoms with van der Waals surface area (Å²) in [6, 6.07) is 13.5. The highest BCUT2D eigenvalue weighted by Gasteiger charge is 2.07. The van der Waals surface area contributed by atoms with Gasteiger partial charge in [0.05, 0.1) is 11.6 Å². The molecule has 2 aromatic rings. The van der Waals surface area contributed by atoms with Crippen LogP contribution in [0.2, 0.25) is 0 Å². The highest BCUT2D eigenvalue weighted by molar-refractivity contribution is 14.0. The van der Waals surface area contributed by atoms with Gasteiger partial charge in [0.25, 0.3) is 5.91 Å². The maximum absolute atomic E-state index is 11.9. The third-order valence-electron chi connectivity index (χ3n) is 3.97. The Kier molecular flexibility index (Phi) is 10.3. The van der Waals surface area contributed by atoms with Gasteiger partial charge < -0.3 is 20.3 Å². The van der Waals surface area contributed by atoms with Gasteiger partial charge in [0.1, 0.15) is 5.75 Å². The minimum atomic E-state index is -0.00219. The summed E-state index contributed by atoms with van der Waals surface area (Å²) < 4.78 is 6.16. The van der Waals surface area contributed by atoms with Gasteiger partial charge >= 0.3 is 0 Å². The van der Waals surface area contributed by atoms with E-state index in [9.17, 15) is 4.79 Å². The number of halogens is 2. The van der Waals surface area contributed by atoms with Gasteiger partial charge in [-0.15, -0.1) is 24.0 Å². The minimum Gasteiger partial charge on any atom is -0.496 e. The van der Waals surface area contributed by atoms with Crippen LogP contribution < -0.4 is 15.4 Å². The lowest BCUT2D eigenvalue weighted by Crippen LogP contribution is -2.36. The summed E-state index contributed by atoms with van der Waals surface area (Å²) in [7, 11) is 6.87. The van der Waals surface area contributed by atoms with Crippen molar-refractivity contribution in [3.05, 3.63) is 63.6 Å². The van der Waals surface area contributed by atoms with Crippen LogP contribution in [0.3, 0.4) is 0 Å². The van der Waals surface area contributed by atoms with E-state index in [4.69, 9.17) is 4.74 Å². The summed E-state index contributed by atoms with van der Waals surface area (Å²) in [5.41, 5.74) is 2.86. The van der Waals surface area contributed by atoms with Crippen LogP contribution in [0.15, 0.2) is 51.9 Å². The molecule has 0 atom stereocenters. The van der Waals surface area contributed by atoms with E-state index in [1.54, 1.807) is 33.2 Å². The number of nitrogens with zero attached hydrogens (tertiary/aromatic N) is 2. The Bertz CT molecular complexity index is 810. The van der Waals surface area contributed by atoms with Gasteiger partial charge in [0.2, 0.25) is 0 Å². The number of carbonyl (C=O) groups is 1. The predicted molar refractivity (Wildman–Crippen MR) is 128 cm³/mol. The number of nitrogens with one attached hydrogen (secondary N) is 2. The number of methoxy groups -OCH3 is 1. The Morgan fingerprint density at radius 1 is 1.07 bits per heavy atom. The van der Waals surface area contributed by atoms with Gasteiger partial charge in [-0.25, -0.2) is 0 Å². The van der Waals surface area contributed by atoms with Crippen molar-refractivity contribution < 1.29 is 9.53 Å². The minimum absolute atomic E-state index is 0. The third kappa shape index (κ3) is 6.97. The van der Waals surface area contributed by atoms with E-state index in [-0.39, 0.29) is 29.9 Å². The van der Waals surface area contributed by atoms with Gasteiger partial charge in [-0.3, -0.25) is 9.79 Å². The number of amides is 1. The molecule has 0 spiro atoms. The van der Waals surface area contributed by atoms with Crippen molar-refractivity contribution in [2.75, 3.05) is 28.3 Å². The first-order valence-corrected chi connectivity index (χ1v) is 9.31. The van der Waals surface area contributed by atoms with E-state index >= 15 is 0 Å². The molecule has 0 fully saturated rings. The molecule has 28 heavy (non-hydrogen) atoms. The molecule has 2 N–H and O–H groups in total. The van der Waals surface area contributed by atoms with Crippen molar-refractivity contribution in [3.8, 4) is 5.75 Å². The topological polar surface area (TPSA) is 66.0 Å². The zero-order valence-electron chi connectivity index (χ0n) is 16.5. The Labute approximate surface area is 191 Å². The lowest BCUT2D eigenvalue weighted by Gasteiger charge is -2.13. The molecule has 6 nitrogen and oxygen atoms in total. The molecule has 0 heterocycles. The number of hydrogen-bond acceptors (Lipinski definition) is 3. The van der Waals surface area contributed by atoms with Crippen molar-refractivity contribution >= 4 is 51.8 Å². The van der Waals surface area contributed by atoms with E-state index in [1.807, 2.05) is 42.5 Å². The average Bonchev–Trinajstić information content (AvgIpc) is 2.68. The molecule has 0 aliphatic carbocycles. The fraction of sp³-hybridized carbons (Fsp3) is 0.300. The fourth-order valence-electron chi connectivity index (χ4n) is 2.44. The summed E-state index contributed by atoms with van der Waals surface area (Å²) in [4.78, 5) is 17.7. The van der Waals surface area contributed by atoms with E-state index in [1.165, 1.54) is 0 Å². The van der Waals surface area contributed by atoms with Crippen molar-refractivity contribution in [1.29, 1.82) is 0 Å². The van der Waals surface area contributed by atoms with Crippen LogP contribution in [0.25, 0.3) is 0 Å². The Balaban J connectivity index is 0.00000392. The number of guanidine groups is 1. The summed E-state index contributed by atoms with van der Waals surface area (Å²) >= 11 is 3.49. The molecule has 0 saturated heterocycles. The molecule has 0 saturated carbocycles. The molecule has 0 aromatic heterocycles. The van der Waals surface area contributed by atoms with E-state index in [2.05, 4.69) is 31.6 Å². The summed E-state index contributed by atoms with van der Waals surface area (Å²) in [5.74, 6) is 1.51. The monoisotopic (exact) mass is 560 g/mol. The normalized spacial score (nSPS) is 10.7. The van der Waals surface area contributed by atoms with E-state index < -0.39 is 0 Å². The smallest absolute Gasteiger partial charge is 0.253 e. The second kappa shape index (κ2) is 11.9.